The minimum atomic E-state index is 1.26. The molecular formula is C4H12P2. The summed E-state index contributed by atoms with van der Waals surface area (Å²) in [6.07, 6.45) is 5.23. The second-order valence-electron chi connectivity index (χ2n) is 1.28. The largest absolute Gasteiger partial charge is 0.138 e. The highest BCUT2D eigenvalue weighted by Gasteiger charge is 1.75. The molecule has 2 unspecified atom stereocenters. The molecule has 0 saturated carbocycles. The van der Waals surface area contributed by atoms with E-state index >= 15 is 0 Å². The molecule has 0 aromatic heterocycles. The predicted octanol–water partition coefficient (Wildman–Crippen LogP) is 1.52. The number of unbranched alkanes of at least 4 members (excludes halogenated alkanes) is 1. The first-order chi connectivity index (χ1) is 2.91. The van der Waals surface area contributed by atoms with Gasteiger partial charge in [0.25, 0.3) is 0 Å². The molecule has 2 heteroatoms. The predicted molar refractivity (Wildman–Crippen MR) is 38.4 cm³/mol. The molecule has 6 heavy (non-hydrogen) atoms. The van der Waals surface area contributed by atoms with Crippen LogP contribution in [-0.4, -0.2) is 12.3 Å². The van der Waals surface area contributed by atoms with E-state index in [-0.39, 0.29) is 0 Å². The molecule has 0 aromatic carbocycles. The van der Waals surface area contributed by atoms with Crippen molar-refractivity contribution in [1.82, 2.24) is 0 Å². The summed E-state index contributed by atoms with van der Waals surface area (Å²) in [5, 5.41) is 0. The van der Waals surface area contributed by atoms with Gasteiger partial charge in [0.15, 0.2) is 0 Å². The molecule has 2 atom stereocenters. The zero-order chi connectivity index (χ0) is 4.83. The first-order valence-electron chi connectivity index (χ1n) is 2.32. The summed E-state index contributed by atoms with van der Waals surface area (Å²) in [7, 11) is 5.44. The van der Waals surface area contributed by atoms with Gasteiger partial charge in [-0.3, -0.25) is 0 Å². The van der Waals surface area contributed by atoms with Crippen LogP contribution in [0.5, 0.6) is 0 Å². The average Bonchev–Trinajstić information content (AvgIpc) is 1.61. The van der Waals surface area contributed by atoms with Gasteiger partial charge >= 0.3 is 0 Å². The SMILES string of the molecule is PCCCCP. The Morgan fingerprint density at radius 3 is 1.33 bits per heavy atom. The van der Waals surface area contributed by atoms with Crippen LogP contribution in [0.4, 0.5) is 0 Å². The lowest BCUT2D eigenvalue weighted by atomic mass is 10.4. The molecule has 0 aromatic rings. The third-order valence-electron chi connectivity index (χ3n) is 0.658. The molecular weight excluding hydrogens is 110 g/mol. The van der Waals surface area contributed by atoms with Crippen LogP contribution < -0.4 is 0 Å². The minimum Gasteiger partial charge on any atom is -0.138 e. The summed E-state index contributed by atoms with van der Waals surface area (Å²) in [6.45, 7) is 0. The third-order valence-corrected chi connectivity index (χ3v) is 1.47. The highest BCUT2D eigenvalue weighted by molar-refractivity contribution is 7.16. The van der Waals surface area contributed by atoms with Crippen LogP contribution in [0, 0.1) is 0 Å². The standard InChI is InChI=1S/C4H12P2/c5-3-1-2-4-6/h1-6H2. The molecule has 38 valence electrons. The van der Waals surface area contributed by atoms with Crippen LogP contribution in [0.15, 0.2) is 0 Å². The highest BCUT2D eigenvalue weighted by atomic mass is 31.0. The van der Waals surface area contributed by atoms with Crippen LogP contribution in [0.3, 0.4) is 0 Å². The monoisotopic (exact) mass is 122 g/mol. The number of hydrogen-bond donors (Lipinski definition) is 0. The van der Waals surface area contributed by atoms with Crippen LogP contribution >= 0.6 is 18.5 Å². The van der Waals surface area contributed by atoms with E-state index in [1.54, 1.807) is 0 Å². The molecule has 0 aliphatic rings. The number of rotatable bonds is 3. The maximum atomic E-state index is 2.72. The fraction of sp³-hybridized carbons (Fsp3) is 1.00. The zero-order valence-electron chi connectivity index (χ0n) is 3.98. The van der Waals surface area contributed by atoms with Gasteiger partial charge in [0.05, 0.1) is 0 Å². The van der Waals surface area contributed by atoms with Crippen molar-refractivity contribution in [3.8, 4) is 0 Å². The molecule has 0 aliphatic carbocycles. The first-order valence-corrected chi connectivity index (χ1v) is 3.95. The van der Waals surface area contributed by atoms with Gasteiger partial charge in [0.2, 0.25) is 0 Å². The fourth-order valence-corrected chi connectivity index (χ4v) is 0.866. The zero-order valence-corrected chi connectivity index (χ0v) is 6.29. The van der Waals surface area contributed by atoms with Gasteiger partial charge in [-0.25, -0.2) is 0 Å². The molecule has 0 aliphatic heterocycles. The lowest BCUT2D eigenvalue weighted by Crippen LogP contribution is -1.73. The Labute approximate surface area is 44.5 Å². The molecule has 0 amide bonds. The first kappa shape index (κ1) is 6.86. The fourth-order valence-electron chi connectivity index (χ4n) is 0.289. The lowest BCUT2D eigenvalue weighted by Gasteiger charge is -1.86. The van der Waals surface area contributed by atoms with Crippen molar-refractivity contribution in [3.05, 3.63) is 0 Å². The molecule has 0 saturated heterocycles. The van der Waals surface area contributed by atoms with E-state index in [0.717, 1.165) is 0 Å². The molecule has 0 spiro atoms. The van der Waals surface area contributed by atoms with Crippen molar-refractivity contribution in [3.63, 3.8) is 0 Å². The molecule has 0 bridgehead atoms. The van der Waals surface area contributed by atoms with Crippen molar-refractivity contribution >= 4 is 18.5 Å². The second-order valence-corrected chi connectivity index (χ2v) is 2.44. The van der Waals surface area contributed by atoms with E-state index in [4.69, 9.17) is 0 Å². The smallest absolute Gasteiger partial charge is 0.0381 e. The highest BCUT2D eigenvalue weighted by Crippen LogP contribution is 1.95. The van der Waals surface area contributed by atoms with Gasteiger partial charge in [-0.1, -0.05) is 0 Å². The normalized spacial score (nSPS) is 9.00. The van der Waals surface area contributed by atoms with Crippen LogP contribution in [-0.2, 0) is 0 Å². The molecule has 0 N–H and O–H groups in total. The van der Waals surface area contributed by atoms with E-state index in [1.807, 2.05) is 0 Å². The Kier molecular flexibility index (Phi) is 6.70. The molecule has 0 rings (SSSR count). The topological polar surface area (TPSA) is 0 Å². The Morgan fingerprint density at radius 1 is 0.833 bits per heavy atom. The third kappa shape index (κ3) is 4.86. The van der Waals surface area contributed by atoms with Gasteiger partial charge in [0.1, 0.15) is 0 Å². The van der Waals surface area contributed by atoms with Crippen LogP contribution in [0.25, 0.3) is 0 Å². The molecule has 0 nitrogen and oxygen atoms in total. The van der Waals surface area contributed by atoms with E-state index in [0.29, 0.717) is 0 Å². The maximum Gasteiger partial charge on any atom is -0.0381 e. The quantitative estimate of drug-likeness (QED) is 0.393. The Morgan fingerprint density at radius 2 is 1.17 bits per heavy atom. The summed E-state index contributed by atoms with van der Waals surface area (Å²) < 4.78 is 0. The Hall–Kier alpha value is 0.860. The van der Waals surface area contributed by atoms with E-state index in [1.165, 1.54) is 25.2 Å². The summed E-state index contributed by atoms with van der Waals surface area (Å²) in [5.74, 6) is 0. The average molecular weight is 122 g/mol. The summed E-state index contributed by atoms with van der Waals surface area (Å²) in [6, 6.07) is 0. The van der Waals surface area contributed by atoms with Crippen molar-refractivity contribution in [2.45, 2.75) is 12.8 Å². The van der Waals surface area contributed by atoms with E-state index in [2.05, 4.69) is 18.5 Å². The van der Waals surface area contributed by atoms with Crippen molar-refractivity contribution < 1.29 is 0 Å². The van der Waals surface area contributed by atoms with Crippen LogP contribution in [0.1, 0.15) is 12.8 Å². The van der Waals surface area contributed by atoms with Gasteiger partial charge in [0, 0.05) is 0 Å². The maximum absolute atomic E-state index is 2.72. The van der Waals surface area contributed by atoms with Gasteiger partial charge in [-0.2, -0.15) is 0 Å². The second kappa shape index (κ2) is 5.86. The summed E-state index contributed by atoms with van der Waals surface area (Å²) in [4.78, 5) is 0. The summed E-state index contributed by atoms with van der Waals surface area (Å²) in [5.41, 5.74) is 0. The minimum absolute atomic E-state index is 1.26. The van der Waals surface area contributed by atoms with Gasteiger partial charge in [-0.05, 0) is 25.2 Å². The van der Waals surface area contributed by atoms with Crippen molar-refractivity contribution in [1.29, 1.82) is 0 Å². The van der Waals surface area contributed by atoms with E-state index < -0.39 is 0 Å². The Bertz CT molecular complexity index is 17.5. The summed E-state index contributed by atoms with van der Waals surface area (Å²) >= 11 is 0. The number of hydrogen-bond acceptors (Lipinski definition) is 0. The van der Waals surface area contributed by atoms with E-state index in [9.17, 15) is 0 Å². The van der Waals surface area contributed by atoms with Crippen molar-refractivity contribution in [2.24, 2.45) is 0 Å². The van der Waals surface area contributed by atoms with Gasteiger partial charge in [-0.15, -0.1) is 18.5 Å². The van der Waals surface area contributed by atoms with Gasteiger partial charge < -0.3 is 0 Å². The molecule has 0 heterocycles. The van der Waals surface area contributed by atoms with Crippen molar-refractivity contribution in [2.75, 3.05) is 12.3 Å². The molecule has 0 fully saturated rings. The Balaban J connectivity index is 2.34. The molecule has 0 radical (unpaired) electrons. The lowest BCUT2D eigenvalue weighted by molar-refractivity contribution is 0.908. The van der Waals surface area contributed by atoms with Crippen LogP contribution in [0.2, 0.25) is 0 Å².